The Kier molecular flexibility index (Phi) is 4.83. The second kappa shape index (κ2) is 7.19. The van der Waals surface area contributed by atoms with Crippen LogP contribution in [0.1, 0.15) is 30.7 Å². The highest BCUT2D eigenvalue weighted by Crippen LogP contribution is 2.22. The summed E-state index contributed by atoms with van der Waals surface area (Å²) in [5.41, 5.74) is 1.01. The molecule has 0 radical (unpaired) electrons. The van der Waals surface area contributed by atoms with E-state index < -0.39 is 0 Å². The van der Waals surface area contributed by atoms with Crippen LogP contribution >= 0.6 is 11.3 Å². The largest absolute Gasteiger partial charge is 0.346 e. The minimum Gasteiger partial charge on any atom is -0.346 e. The molecule has 0 aliphatic heterocycles. The molecule has 1 amide bonds. The van der Waals surface area contributed by atoms with Gasteiger partial charge in [-0.1, -0.05) is 48.5 Å². The molecule has 5 nitrogen and oxygen atoms in total. The van der Waals surface area contributed by atoms with Crippen LogP contribution in [0.5, 0.6) is 0 Å². The van der Waals surface area contributed by atoms with Gasteiger partial charge in [0.1, 0.15) is 0 Å². The minimum atomic E-state index is -0.170. The topological polar surface area (TPSA) is 68.0 Å². The van der Waals surface area contributed by atoms with Gasteiger partial charge in [-0.3, -0.25) is 4.79 Å². The highest BCUT2D eigenvalue weighted by atomic mass is 32.1. The zero-order chi connectivity index (χ0) is 16.1. The van der Waals surface area contributed by atoms with Crippen molar-refractivity contribution in [3.05, 3.63) is 59.3 Å². The summed E-state index contributed by atoms with van der Waals surface area (Å²) in [5.74, 6) is 0.759. The number of hydrogen-bond acceptors (Lipinski definition) is 5. The van der Waals surface area contributed by atoms with E-state index in [1.54, 1.807) is 11.3 Å². The lowest BCUT2D eigenvalue weighted by atomic mass is 9.96. The number of amides is 1. The van der Waals surface area contributed by atoms with Crippen LogP contribution in [-0.2, 0) is 11.3 Å². The number of hydrogen-bond donors (Lipinski definition) is 1. The second-order valence-corrected chi connectivity index (χ2v) is 6.03. The molecule has 0 aliphatic rings. The van der Waals surface area contributed by atoms with Gasteiger partial charge >= 0.3 is 0 Å². The van der Waals surface area contributed by atoms with Crippen LogP contribution in [0.4, 0.5) is 0 Å². The standard InChI is InChI=1S/C17H17N3O2S/c1-2-13(12-7-4-3-5-8-12)17(21)18-11-15-19-16(20-22-15)14-9-6-10-23-14/h3-10,13H,2,11H2,1H3,(H,18,21)/t13-/m0/s1. The predicted molar refractivity (Wildman–Crippen MR) is 88.9 cm³/mol. The van der Waals surface area contributed by atoms with E-state index in [-0.39, 0.29) is 18.4 Å². The lowest BCUT2D eigenvalue weighted by molar-refractivity contribution is -0.122. The van der Waals surface area contributed by atoms with Crippen LogP contribution in [0.15, 0.2) is 52.4 Å². The van der Waals surface area contributed by atoms with E-state index in [1.165, 1.54) is 0 Å². The molecule has 0 saturated carbocycles. The number of nitrogens with one attached hydrogen (secondary N) is 1. The van der Waals surface area contributed by atoms with Gasteiger partial charge < -0.3 is 9.84 Å². The quantitative estimate of drug-likeness (QED) is 0.751. The van der Waals surface area contributed by atoms with Gasteiger partial charge in [0, 0.05) is 0 Å². The zero-order valence-corrected chi connectivity index (χ0v) is 13.5. The molecule has 0 unspecified atom stereocenters. The van der Waals surface area contributed by atoms with E-state index in [0.29, 0.717) is 11.7 Å². The zero-order valence-electron chi connectivity index (χ0n) is 12.7. The lowest BCUT2D eigenvalue weighted by Crippen LogP contribution is -2.28. The molecule has 3 rings (SSSR count). The highest BCUT2D eigenvalue weighted by molar-refractivity contribution is 7.13. The summed E-state index contributed by atoms with van der Waals surface area (Å²) in [6.45, 7) is 2.24. The number of carbonyl (C=O) groups excluding carboxylic acids is 1. The lowest BCUT2D eigenvalue weighted by Gasteiger charge is -2.14. The molecular weight excluding hydrogens is 310 g/mol. The molecule has 0 bridgehead atoms. The molecule has 0 spiro atoms. The molecule has 0 saturated heterocycles. The fourth-order valence-electron chi connectivity index (χ4n) is 2.38. The Balaban J connectivity index is 1.62. The van der Waals surface area contributed by atoms with Gasteiger partial charge in [-0.25, -0.2) is 0 Å². The Hall–Kier alpha value is -2.47. The first-order chi connectivity index (χ1) is 11.3. The van der Waals surface area contributed by atoms with Crippen molar-refractivity contribution in [1.29, 1.82) is 0 Å². The number of carbonyl (C=O) groups is 1. The summed E-state index contributed by atoms with van der Waals surface area (Å²) in [4.78, 5) is 17.6. The molecule has 23 heavy (non-hydrogen) atoms. The Morgan fingerprint density at radius 1 is 1.26 bits per heavy atom. The smallest absolute Gasteiger partial charge is 0.246 e. The SMILES string of the molecule is CC[C@H](C(=O)NCc1nc(-c2cccs2)no1)c1ccccc1. The molecule has 3 aromatic rings. The van der Waals surface area contributed by atoms with Crippen molar-refractivity contribution in [2.24, 2.45) is 0 Å². The van der Waals surface area contributed by atoms with Crippen molar-refractivity contribution in [3.8, 4) is 10.7 Å². The molecule has 0 fully saturated rings. The number of benzene rings is 1. The predicted octanol–water partition coefficient (Wildman–Crippen LogP) is 3.61. The van der Waals surface area contributed by atoms with Gasteiger partial charge in [0.25, 0.3) is 0 Å². The van der Waals surface area contributed by atoms with Crippen LogP contribution in [0, 0.1) is 0 Å². The summed E-state index contributed by atoms with van der Waals surface area (Å²) < 4.78 is 5.19. The Bertz CT molecular complexity index is 753. The maximum Gasteiger partial charge on any atom is 0.246 e. The third-order valence-corrected chi connectivity index (χ3v) is 4.42. The summed E-state index contributed by atoms with van der Waals surface area (Å²) in [6.07, 6.45) is 0.736. The third-order valence-electron chi connectivity index (χ3n) is 3.55. The Morgan fingerprint density at radius 2 is 2.09 bits per heavy atom. The maximum atomic E-state index is 12.4. The first-order valence-corrected chi connectivity index (χ1v) is 8.35. The fraction of sp³-hybridized carbons (Fsp3) is 0.235. The first-order valence-electron chi connectivity index (χ1n) is 7.47. The van der Waals surface area contributed by atoms with E-state index >= 15 is 0 Å². The van der Waals surface area contributed by atoms with Gasteiger partial charge in [0.2, 0.25) is 17.6 Å². The van der Waals surface area contributed by atoms with Crippen molar-refractivity contribution in [3.63, 3.8) is 0 Å². The molecule has 1 N–H and O–H groups in total. The van der Waals surface area contributed by atoms with Crippen LogP contribution in [-0.4, -0.2) is 16.0 Å². The monoisotopic (exact) mass is 327 g/mol. The highest BCUT2D eigenvalue weighted by Gasteiger charge is 2.19. The van der Waals surface area contributed by atoms with Gasteiger partial charge in [0.05, 0.1) is 17.3 Å². The van der Waals surface area contributed by atoms with Crippen molar-refractivity contribution < 1.29 is 9.32 Å². The summed E-state index contributed by atoms with van der Waals surface area (Å²) in [7, 11) is 0. The van der Waals surface area contributed by atoms with E-state index in [9.17, 15) is 4.79 Å². The molecular formula is C17H17N3O2S. The Labute approximate surface area is 138 Å². The average molecular weight is 327 g/mol. The number of rotatable bonds is 6. The van der Waals surface area contributed by atoms with E-state index in [1.807, 2.05) is 54.8 Å². The van der Waals surface area contributed by atoms with Crippen LogP contribution < -0.4 is 5.32 Å². The number of thiophene rings is 1. The van der Waals surface area contributed by atoms with Crippen LogP contribution in [0.3, 0.4) is 0 Å². The van der Waals surface area contributed by atoms with E-state index in [0.717, 1.165) is 16.9 Å². The van der Waals surface area contributed by atoms with Crippen LogP contribution in [0.2, 0.25) is 0 Å². The van der Waals surface area contributed by atoms with Gasteiger partial charge in [-0.2, -0.15) is 4.98 Å². The fourth-order valence-corrected chi connectivity index (χ4v) is 3.03. The number of aromatic nitrogens is 2. The minimum absolute atomic E-state index is 0.0328. The van der Waals surface area contributed by atoms with Gasteiger partial charge in [-0.05, 0) is 23.4 Å². The van der Waals surface area contributed by atoms with Crippen molar-refractivity contribution in [1.82, 2.24) is 15.5 Å². The van der Waals surface area contributed by atoms with Crippen LogP contribution in [0.25, 0.3) is 10.7 Å². The third kappa shape index (κ3) is 3.65. The van der Waals surface area contributed by atoms with Gasteiger partial charge in [0.15, 0.2) is 0 Å². The number of nitrogens with zero attached hydrogens (tertiary/aromatic N) is 2. The molecule has 118 valence electrons. The van der Waals surface area contributed by atoms with Gasteiger partial charge in [-0.15, -0.1) is 11.3 Å². The Morgan fingerprint density at radius 3 is 2.78 bits per heavy atom. The molecule has 6 heteroatoms. The first kappa shape index (κ1) is 15.4. The summed E-state index contributed by atoms with van der Waals surface area (Å²) in [6, 6.07) is 13.6. The summed E-state index contributed by atoms with van der Waals surface area (Å²) in [5, 5.41) is 8.77. The molecule has 0 aliphatic carbocycles. The van der Waals surface area contributed by atoms with Crippen molar-refractivity contribution in [2.45, 2.75) is 25.8 Å². The molecule has 2 heterocycles. The molecule has 2 aromatic heterocycles. The van der Waals surface area contributed by atoms with Crippen molar-refractivity contribution >= 4 is 17.2 Å². The average Bonchev–Trinajstić information content (AvgIpc) is 3.26. The second-order valence-electron chi connectivity index (χ2n) is 5.08. The van der Waals surface area contributed by atoms with E-state index in [2.05, 4.69) is 15.5 Å². The maximum absolute atomic E-state index is 12.4. The normalized spacial score (nSPS) is 12.0. The summed E-state index contributed by atoms with van der Waals surface area (Å²) >= 11 is 1.55. The molecule has 1 aromatic carbocycles. The van der Waals surface area contributed by atoms with E-state index in [4.69, 9.17) is 4.52 Å². The molecule has 1 atom stereocenters. The van der Waals surface area contributed by atoms with Crippen molar-refractivity contribution in [2.75, 3.05) is 0 Å².